The summed E-state index contributed by atoms with van der Waals surface area (Å²) in [6, 6.07) is 2.23. The van der Waals surface area contributed by atoms with Crippen LogP contribution in [0.4, 0.5) is 0 Å². The smallest absolute Gasteiger partial charge is 0.145 e. The lowest BCUT2D eigenvalue weighted by atomic mass is 9.98. The maximum atomic E-state index is 4.40. The van der Waals surface area contributed by atoms with Gasteiger partial charge in [-0.15, -0.1) is 0 Å². The van der Waals surface area contributed by atoms with Crippen molar-refractivity contribution in [3.8, 4) is 0 Å². The first kappa shape index (κ1) is 12.5. The van der Waals surface area contributed by atoms with Gasteiger partial charge in [0, 0.05) is 12.4 Å². The van der Waals surface area contributed by atoms with Crippen molar-refractivity contribution in [1.29, 1.82) is 0 Å². The van der Waals surface area contributed by atoms with Crippen molar-refractivity contribution in [3.63, 3.8) is 0 Å². The standard InChI is InChI=1S/C14H23N3/c1-2-8-15-13(11-12-6-3-4-7-12)14-16-9-5-10-17-14/h5,9-10,12-13,15H,2-4,6-8,11H2,1H3. The Labute approximate surface area is 104 Å². The molecule has 17 heavy (non-hydrogen) atoms. The first-order chi connectivity index (χ1) is 8.40. The summed E-state index contributed by atoms with van der Waals surface area (Å²) in [6.07, 6.45) is 11.6. The van der Waals surface area contributed by atoms with Gasteiger partial charge in [-0.1, -0.05) is 32.6 Å². The van der Waals surface area contributed by atoms with Crippen LogP contribution in [0.3, 0.4) is 0 Å². The van der Waals surface area contributed by atoms with E-state index in [0.29, 0.717) is 6.04 Å². The van der Waals surface area contributed by atoms with E-state index >= 15 is 0 Å². The van der Waals surface area contributed by atoms with Crippen molar-refractivity contribution in [1.82, 2.24) is 15.3 Å². The SMILES string of the molecule is CCCNC(CC1CCCC1)c1ncccn1. The van der Waals surface area contributed by atoms with Crippen LogP contribution in [-0.4, -0.2) is 16.5 Å². The molecule has 0 aliphatic heterocycles. The van der Waals surface area contributed by atoms with E-state index in [2.05, 4.69) is 22.2 Å². The van der Waals surface area contributed by atoms with Crippen LogP contribution in [0.2, 0.25) is 0 Å². The molecule has 1 unspecified atom stereocenters. The third kappa shape index (κ3) is 3.77. The third-order valence-corrected chi connectivity index (χ3v) is 3.58. The van der Waals surface area contributed by atoms with Crippen LogP contribution in [0.5, 0.6) is 0 Å². The molecule has 0 saturated heterocycles. The van der Waals surface area contributed by atoms with E-state index in [4.69, 9.17) is 0 Å². The monoisotopic (exact) mass is 233 g/mol. The minimum atomic E-state index is 0.347. The second-order valence-electron chi connectivity index (χ2n) is 5.00. The minimum absolute atomic E-state index is 0.347. The van der Waals surface area contributed by atoms with Crippen molar-refractivity contribution in [3.05, 3.63) is 24.3 Å². The Kier molecular flexibility index (Phi) is 4.92. The predicted octanol–water partition coefficient (Wildman–Crippen LogP) is 3.10. The fraction of sp³-hybridized carbons (Fsp3) is 0.714. The lowest BCUT2D eigenvalue weighted by Gasteiger charge is -2.20. The Morgan fingerprint density at radius 1 is 1.29 bits per heavy atom. The summed E-state index contributed by atoms with van der Waals surface area (Å²) < 4.78 is 0. The minimum Gasteiger partial charge on any atom is -0.307 e. The van der Waals surface area contributed by atoms with Gasteiger partial charge in [0.05, 0.1) is 6.04 Å². The van der Waals surface area contributed by atoms with Gasteiger partial charge in [0.2, 0.25) is 0 Å². The lowest BCUT2D eigenvalue weighted by Crippen LogP contribution is -2.25. The Balaban J connectivity index is 1.97. The quantitative estimate of drug-likeness (QED) is 0.820. The molecule has 1 saturated carbocycles. The highest BCUT2D eigenvalue weighted by Crippen LogP contribution is 2.31. The number of hydrogen-bond donors (Lipinski definition) is 1. The van der Waals surface area contributed by atoms with Gasteiger partial charge in [-0.25, -0.2) is 9.97 Å². The average molecular weight is 233 g/mol. The summed E-state index contributed by atoms with van der Waals surface area (Å²) >= 11 is 0. The van der Waals surface area contributed by atoms with Crippen LogP contribution in [-0.2, 0) is 0 Å². The number of rotatable bonds is 6. The normalized spacial score (nSPS) is 18.4. The zero-order valence-corrected chi connectivity index (χ0v) is 10.7. The van der Waals surface area contributed by atoms with Crippen molar-refractivity contribution >= 4 is 0 Å². The summed E-state index contributed by atoms with van der Waals surface area (Å²) in [5.41, 5.74) is 0. The van der Waals surface area contributed by atoms with Crippen LogP contribution in [0.25, 0.3) is 0 Å². The molecule has 1 atom stereocenters. The van der Waals surface area contributed by atoms with Gasteiger partial charge in [0.15, 0.2) is 0 Å². The van der Waals surface area contributed by atoms with Crippen molar-refractivity contribution in [2.45, 2.75) is 51.5 Å². The van der Waals surface area contributed by atoms with Gasteiger partial charge in [-0.2, -0.15) is 0 Å². The van der Waals surface area contributed by atoms with Crippen LogP contribution in [0.15, 0.2) is 18.5 Å². The molecular formula is C14H23N3. The molecule has 1 aromatic rings. The van der Waals surface area contributed by atoms with E-state index in [1.165, 1.54) is 32.1 Å². The van der Waals surface area contributed by atoms with Gasteiger partial charge in [0.1, 0.15) is 5.82 Å². The molecule has 0 spiro atoms. The lowest BCUT2D eigenvalue weighted by molar-refractivity contribution is 0.383. The zero-order chi connectivity index (χ0) is 11.9. The van der Waals surface area contributed by atoms with E-state index in [1.54, 1.807) is 0 Å². The Morgan fingerprint density at radius 2 is 2.00 bits per heavy atom. The molecule has 1 aliphatic carbocycles. The highest BCUT2D eigenvalue weighted by molar-refractivity contribution is 4.97. The fourth-order valence-corrected chi connectivity index (χ4v) is 2.67. The summed E-state index contributed by atoms with van der Waals surface area (Å²) in [5, 5.41) is 3.59. The van der Waals surface area contributed by atoms with Crippen LogP contribution < -0.4 is 5.32 Å². The molecule has 2 rings (SSSR count). The topological polar surface area (TPSA) is 37.8 Å². The fourth-order valence-electron chi connectivity index (χ4n) is 2.67. The van der Waals surface area contributed by atoms with E-state index in [0.717, 1.165) is 24.7 Å². The maximum Gasteiger partial charge on any atom is 0.145 e. The second kappa shape index (κ2) is 6.70. The molecule has 3 nitrogen and oxygen atoms in total. The summed E-state index contributed by atoms with van der Waals surface area (Å²) in [5.74, 6) is 1.83. The van der Waals surface area contributed by atoms with E-state index in [1.807, 2.05) is 18.5 Å². The molecule has 1 N–H and O–H groups in total. The van der Waals surface area contributed by atoms with Crippen LogP contribution in [0.1, 0.15) is 57.3 Å². The molecule has 0 aromatic carbocycles. The molecule has 0 radical (unpaired) electrons. The summed E-state index contributed by atoms with van der Waals surface area (Å²) in [6.45, 7) is 3.25. The van der Waals surface area contributed by atoms with Crippen LogP contribution in [0, 0.1) is 5.92 Å². The number of hydrogen-bond acceptors (Lipinski definition) is 3. The molecule has 94 valence electrons. The Morgan fingerprint density at radius 3 is 2.65 bits per heavy atom. The van der Waals surface area contributed by atoms with Gasteiger partial charge >= 0.3 is 0 Å². The predicted molar refractivity (Wildman–Crippen MR) is 69.6 cm³/mol. The van der Waals surface area contributed by atoms with Gasteiger partial charge < -0.3 is 5.32 Å². The molecule has 3 heteroatoms. The van der Waals surface area contributed by atoms with Gasteiger partial charge in [-0.05, 0) is 31.4 Å². The first-order valence-electron chi connectivity index (χ1n) is 6.90. The third-order valence-electron chi connectivity index (χ3n) is 3.58. The average Bonchev–Trinajstić information content (AvgIpc) is 2.88. The highest BCUT2D eigenvalue weighted by Gasteiger charge is 2.22. The van der Waals surface area contributed by atoms with Crippen LogP contribution >= 0.6 is 0 Å². The maximum absolute atomic E-state index is 4.40. The van der Waals surface area contributed by atoms with Crippen molar-refractivity contribution in [2.75, 3.05) is 6.54 Å². The largest absolute Gasteiger partial charge is 0.307 e. The molecule has 0 bridgehead atoms. The molecule has 1 aliphatic rings. The number of aromatic nitrogens is 2. The number of nitrogens with zero attached hydrogens (tertiary/aromatic N) is 2. The van der Waals surface area contributed by atoms with E-state index in [-0.39, 0.29) is 0 Å². The first-order valence-corrected chi connectivity index (χ1v) is 6.90. The Bertz CT molecular complexity index is 307. The van der Waals surface area contributed by atoms with Crippen molar-refractivity contribution < 1.29 is 0 Å². The second-order valence-corrected chi connectivity index (χ2v) is 5.00. The molecular weight excluding hydrogens is 210 g/mol. The van der Waals surface area contributed by atoms with E-state index < -0.39 is 0 Å². The Hall–Kier alpha value is -0.960. The van der Waals surface area contributed by atoms with Gasteiger partial charge in [-0.3, -0.25) is 0 Å². The highest BCUT2D eigenvalue weighted by atomic mass is 15.0. The number of nitrogens with one attached hydrogen (secondary N) is 1. The molecule has 1 heterocycles. The summed E-state index contributed by atoms with van der Waals surface area (Å²) in [7, 11) is 0. The van der Waals surface area contributed by atoms with Crippen molar-refractivity contribution in [2.24, 2.45) is 5.92 Å². The molecule has 0 amide bonds. The van der Waals surface area contributed by atoms with Gasteiger partial charge in [0.25, 0.3) is 0 Å². The zero-order valence-electron chi connectivity index (χ0n) is 10.7. The van der Waals surface area contributed by atoms with E-state index in [9.17, 15) is 0 Å². The molecule has 1 aromatic heterocycles. The molecule has 1 fully saturated rings. The summed E-state index contributed by atoms with van der Waals surface area (Å²) in [4.78, 5) is 8.80.